The van der Waals surface area contributed by atoms with Gasteiger partial charge in [-0.25, -0.2) is 0 Å². The van der Waals surface area contributed by atoms with Gasteiger partial charge in [0.2, 0.25) is 0 Å². The van der Waals surface area contributed by atoms with Crippen LogP contribution in [0.1, 0.15) is 36.9 Å². The lowest BCUT2D eigenvalue weighted by Gasteiger charge is -2.41. The molecule has 0 spiro atoms. The Balaban J connectivity index is 2.00. The molecule has 1 atom stereocenters. The predicted molar refractivity (Wildman–Crippen MR) is 67.9 cm³/mol. The first-order valence-electron chi connectivity index (χ1n) is 6.50. The second-order valence-corrected chi connectivity index (χ2v) is 4.90. The highest BCUT2D eigenvalue weighted by Crippen LogP contribution is 2.39. The van der Waals surface area contributed by atoms with E-state index in [1.54, 1.807) is 11.1 Å². The summed E-state index contributed by atoms with van der Waals surface area (Å²) in [5.74, 6) is 0. The van der Waals surface area contributed by atoms with Gasteiger partial charge >= 0.3 is 0 Å². The highest BCUT2D eigenvalue weighted by molar-refractivity contribution is 5.58. The van der Waals surface area contributed by atoms with E-state index in [4.69, 9.17) is 0 Å². The molecule has 1 aromatic carbocycles. The molecule has 1 aromatic rings. The highest BCUT2D eigenvalue weighted by atomic mass is 15.2. The summed E-state index contributed by atoms with van der Waals surface area (Å²) >= 11 is 0. The number of anilines is 1. The van der Waals surface area contributed by atoms with E-state index < -0.39 is 0 Å². The Labute approximate surface area is 97.6 Å². The molecule has 2 heterocycles. The third-order valence-corrected chi connectivity index (χ3v) is 3.88. The van der Waals surface area contributed by atoms with Crippen LogP contribution >= 0.6 is 0 Å². The van der Waals surface area contributed by atoms with E-state index in [0.29, 0.717) is 6.04 Å². The topological polar surface area (TPSA) is 15.3 Å². The Morgan fingerprint density at radius 1 is 1.44 bits per heavy atom. The molecule has 0 fully saturated rings. The molecule has 2 heteroatoms. The lowest BCUT2D eigenvalue weighted by atomic mass is 9.87. The molecule has 1 N–H and O–H groups in total. The van der Waals surface area contributed by atoms with Crippen LogP contribution in [-0.2, 0) is 6.42 Å². The van der Waals surface area contributed by atoms with Crippen LogP contribution in [0, 0.1) is 0 Å². The van der Waals surface area contributed by atoms with Crippen molar-refractivity contribution in [3.05, 3.63) is 29.3 Å². The standard InChI is InChI=1S/C14H20N2/c1-2-9-16-10-7-11-4-3-5-12-14(11)13(16)6-8-15-12/h3-5,13,15H,2,6-10H2,1H3. The van der Waals surface area contributed by atoms with Gasteiger partial charge in [-0.2, -0.15) is 0 Å². The van der Waals surface area contributed by atoms with Crippen LogP contribution in [0.5, 0.6) is 0 Å². The van der Waals surface area contributed by atoms with Gasteiger partial charge in [-0.3, -0.25) is 4.90 Å². The summed E-state index contributed by atoms with van der Waals surface area (Å²) in [6.07, 6.45) is 3.76. The van der Waals surface area contributed by atoms with Gasteiger partial charge in [0.15, 0.2) is 0 Å². The Morgan fingerprint density at radius 2 is 2.38 bits per heavy atom. The van der Waals surface area contributed by atoms with Crippen LogP contribution in [0.25, 0.3) is 0 Å². The van der Waals surface area contributed by atoms with Crippen LogP contribution in [0.3, 0.4) is 0 Å². The van der Waals surface area contributed by atoms with E-state index in [1.165, 1.54) is 38.0 Å². The lowest BCUT2D eigenvalue weighted by Crippen LogP contribution is -2.39. The second kappa shape index (κ2) is 4.10. The van der Waals surface area contributed by atoms with Crippen LogP contribution in [0.2, 0.25) is 0 Å². The number of rotatable bonds is 2. The molecule has 0 saturated heterocycles. The van der Waals surface area contributed by atoms with Crippen molar-refractivity contribution < 1.29 is 0 Å². The molecule has 0 amide bonds. The largest absolute Gasteiger partial charge is 0.385 e. The van der Waals surface area contributed by atoms with Crippen molar-refractivity contribution >= 4 is 5.69 Å². The fraction of sp³-hybridized carbons (Fsp3) is 0.571. The lowest BCUT2D eigenvalue weighted by molar-refractivity contribution is 0.176. The molecule has 2 aliphatic rings. The van der Waals surface area contributed by atoms with E-state index in [2.05, 4.69) is 35.3 Å². The van der Waals surface area contributed by atoms with E-state index >= 15 is 0 Å². The third-order valence-electron chi connectivity index (χ3n) is 3.88. The molecule has 0 saturated carbocycles. The zero-order valence-corrected chi connectivity index (χ0v) is 10.00. The van der Waals surface area contributed by atoms with Crippen molar-refractivity contribution in [1.82, 2.24) is 4.90 Å². The average Bonchev–Trinajstić information content (AvgIpc) is 2.33. The Kier molecular flexibility index (Phi) is 2.60. The van der Waals surface area contributed by atoms with Gasteiger partial charge in [0.25, 0.3) is 0 Å². The average molecular weight is 216 g/mol. The molecular weight excluding hydrogens is 196 g/mol. The van der Waals surface area contributed by atoms with Gasteiger partial charge in [-0.1, -0.05) is 19.1 Å². The summed E-state index contributed by atoms with van der Waals surface area (Å²) in [5, 5.41) is 3.54. The number of benzene rings is 1. The molecule has 16 heavy (non-hydrogen) atoms. The first-order chi connectivity index (χ1) is 7.90. The minimum absolute atomic E-state index is 0.682. The first kappa shape index (κ1) is 10.2. The zero-order valence-electron chi connectivity index (χ0n) is 10.00. The maximum absolute atomic E-state index is 3.54. The minimum atomic E-state index is 0.682. The third kappa shape index (κ3) is 1.52. The summed E-state index contributed by atoms with van der Waals surface area (Å²) in [7, 11) is 0. The Morgan fingerprint density at radius 3 is 3.25 bits per heavy atom. The molecular formula is C14H20N2. The number of hydrogen-bond acceptors (Lipinski definition) is 2. The maximum Gasteiger partial charge on any atom is 0.0391 e. The van der Waals surface area contributed by atoms with Gasteiger partial charge in [-0.05, 0) is 43.0 Å². The molecule has 0 bridgehead atoms. The quantitative estimate of drug-likeness (QED) is 0.817. The molecule has 2 aliphatic heterocycles. The Hall–Kier alpha value is -1.02. The Bertz CT molecular complexity index is 372. The molecule has 3 rings (SSSR count). The second-order valence-electron chi connectivity index (χ2n) is 4.90. The number of nitrogens with one attached hydrogen (secondary N) is 1. The van der Waals surface area contributed by atoms with Crippen molar-refractivity contribution in [3.8, 4) is 0 Å². The predicted octanol–water partition coefficient (Wildman–Crippen LogP) is 2.81. The SMILES string of the molecule is CCCN1CCc2cccc3c2C1CCN3. The van der Waals surface area contributed by atoms with Crippen molar-refractivity contribution in [1.29, 1.82) is 0 Å². The highest BCUT2D eigenvalue weighted by Gasteiger charge is 2.30. The van der Waals surface area contributed by atoms with Gasteiger partial charge in [0.05, 0.1) is 0 Å². The van der Waals surface area contributed by atoms with Crippen LogP contribution in [0.4, 0.5) is 5.69 Å². The van der Waals surface area contributed by atoms with Crippen molar-refractivity contribution in [2.45, 2.75) is 32.2 Å². The monoisotopic (exact) mass is 216 g/mol. The summed E-state index contributed by atoms with van der Waals surface area (Å²) < 4.78 is 0. The molecule has 0 aromatic heterocycles. The van der Waals surface area contributed by atoms with E-state index in [-0.39, 0.29) is 0 Å². The fourth-order valence-electron chi connectivity index (χ4n) is 3.21. The summed E-state index contributed by atoms with van der Waals surface area (Å²) in [5.41, 5.74) is 4.55. The fourth-order valence-corrected chi connectivity index (χ4v) is 3.21. The minimum Gasteiger partial charge on any atom is -0.385 e. The van der Waals surface area contributed by atoms with Gasteiger partial charge < -0.3 is 5.32 Å². The normalized spacial score (nSPS) is 23.7. The zero-order chi connectivity index (χ0) is 11.0. The molecule has 1 unspecified atom stereocenters. The van der Waals surface area contributed by atoms with E-state index in [0.717, 1.165) is 6.54 Å². The van der Waals surface area contributed by atoms with Crippen LogP contribution < -0.4 is 5.32 Å². The van der Waals surface area contributed by atoms with Gasteiger partial charge in [0, 0.05) is 24.8 Å². The smallest absolute Gasteiger partial charge is 0.0391 e. The van der Waals surface area contributed by atoms with Crippen LogP contribution in [-0.4, -0.2) is 24.5 Å². The van der Waals surface area contributed by atoms with Crippen molar-refractivity contribution in [3.63, 3.8) is 0 Å². The van der Waals surface area contributed by atoms with Crippen molar-refractivity contribution in [2.75, 3.05) is 25.0 Å². The van der Waals surface area contributed by atoms with E-state index in [1.807, 2.05) is 0 Å². The van der Waals surface area contributed by atoms with Gasteiger partial charge in [0.1, 0.15) is 0 Å². The molecule has 0 aliphatic carbocycles. The van der Waals surface area contributed by atoms with E-state index in [9.17, 15) is 0 Å². The van der Waals surface area contributed by atoms with Crippen molar-refractivity contribution in [2.24, 2.45) is 0 Å². The number of nitrogens with zero attached hydrogens (tertiary/aromatic N) is 1. The summed E-state index contributed by atoms with van der Waals surface area (Å²) in [4.78, 5) is 2.67. The molecule has 86 valence electrons. The molecule has 0 radical (unpaired) electrons. The first-order valence-corrected chi connectivity index (χ1v) is 6.50. The summed E-state index contributed by atoms with van der Waals surface area (Å²) in [6.45, 7) is 5.90. The molecule has 2 nitrogen and oxygen atoms in total. The van der Waals surface area contributed by atoms with Gasteiger partial charge in [-0.15, -0.1) is 0 Å². The van der Waals surface area contributed by atoms with Crippen LogP contribution in [0.15, 0.2) is 18.2 Å². The number of hydrogen-bond donors (Lipinski definition) is 1. The summed E-state index contributed by atoms with van der Waals surface area (Å²) in [6, 6.07) is 7.42. The maximum atomic E-state index is 3.54.